The first-order valence-electron chi connectivity index (χ1n) is 13.0. The zero-order valence-corrected chi connectivity index (χ0v) is 22.4. The second-order valence-corrected chi connectivity index (χ2v) is 9.02. The summed E-state index contributed by atoms with van der Waals surface area (Å²) >= 11 is 0. The van der Waals surface area contributed by atoms with Gasteiger partial charge in [-0.15, -0.1) is 0 Å². The molecule has 8 heteroatoms. The number of hydrogen-bond donors (Lipinski definition) is 0. The van der Waals surface area contributed by atoms with Crippen LogP contribution < -0.4 is 9.47 Å². The number of hydrogen-bond acceptors (Lipinski definition) is 6. The molecule has 1 aliphatic rings. The van der Waals surface area contributed by atoms with E-state index in [1.165, 1.54) is 6.33 Å². The van der Waals surface area contributed by atoms with Gasteiger partial charge in [-0.25, -0.2) is 4.98 Å². The molecule has 1 atom stereocenters. The first-order valence-corrected chi connectivity index (χ1v) is 13.0. The van der Waals surface area contributed by atoms with E-state index >= 15 is 0 Å². The summed E-state index contributed by atoms with van der Waals surface area (Å²) in [5, 5.41) is 0. The zero-order valence-electron chi connectivity index (χ0n) is 22.4. The fourth-order valence-electron chi connectivity index (χ4n) is 4.30. The van der Waals surface area contributed by atoms with Gasteiger partial charge in [-0.1, -0.05) is 38.1 Å². The van der Waals surface area contributed by atoms with E-state index < -0.39 is 0 Å². The molecule has 0 N–H and O–H groups in total. The van der Waals surface area contributed by atoms with Crippen molar-refractivity contribution in [3.8, 4) is 23.1 Å². The minimum atomic E-state index is 0.0429. The van der Waals surface area contributed by atoms with Crippen molar-refractivity contribution in [3.05, 3.63) is 85.3 Å². The van der Waals surface area contributed by atoms with Gasteiger partial charge in [0, 0.05) is 31.9 Å². The Labute approximate surface area is 224 Å². The Bertz CT molecular complexity index is 1350. The largest absolute Gasteiger partial charge is 0.457 e. The Hall–Kier alpha value is -4.17. The minimum Gasteiger partial charge on any atom is -0.457 e. The van der Waals surface area contributed by atoms with E-state index in [-0.39, 0.29) is 11.9 Å². The minimum absolute atomic E-state index is 0.0429. The number of fused-ring (bicyclic) bond motifs is 1. The highest BCUT2D eigenvalue weighted by molar-refractivity contribution is 5.88. The molecular formula is C30H35N5O3. The summed E-state index contributed by atoms with van der Waals surface area (Å²) < 4.78 is 14.2. The lowest BCUT2D eigenvalue weighted by Gasteiger charge is -2.17. The second-order valence-electron chi connectivity index (χ2n) is 9.02. The maximum Gasteiger partial charge on any atom is 0.247 e. The molecule has 0 aliphatic carbocycles. The Morgan fingerprint density at radius 1 is 0.974 bits per heavy atom. The van der Waals surface area contributed by atoms with Crippen molar-refractivity contribution in [2.45, 2.75) is 26.3 Å². The molecule has 0 saturated carbocycles. The molecule has 0 unspecified atom stereocenters. The third kappa shape index (κ3) is 6.58. The van der Waals surface area contributed by atoms with Crippen molar-refractivity contribution in [1.29, 1.82) is 0 Å². The van der Waals surface area contributed by atoms with Gasteiger partial charge in [0.1, 0.15) is 29.1 Å². The maximum atomic E-state index is 12.6. The van der Waals surface area contributed by atoms with Gasteiger partial charge in [0.25, 0.3) is 0 Å². The fourth-order valence-corrected chi connectivity index (χ4v) is 4.30. The van der Waals surface area contributed by atoms with Gasteiger partial charge in [-0.2, -0.15) is 4.98 Å². The molecule has 2 aromatic heterocycles. The van der Waals surface area contributed by atoms with Gasteiger partial charge in [-0.3, -0.25) is 4.79 Å². The highest BCUT2D eigenvalue weighted by Gasteiger charge is 2.28. The molecule has 1 fully saturated rings. The van der Waals surface area contributed by atoms with Crippen molar-refractivity contribution >= 4 is 16.9 Å². The van der Waals surface area contributed by atoms with Crippen LogP contribution in [-0.2, 0) is 4.79 Å². The van der Waals surface area contributed by atoms with Gasteiger partial charge in [0.2, 0.25) is 11.8 Å². The SMILES string of the molecule is CC.CN(C)C/C=C/C(=O)N1CC[C@H](n2ccc3ncnc(Oc4ccc(Oc5ccccc5)cc4)c32)C1. The van der Waals surface area contributed by atoms with Gasteiger partial charge in [0.15, 0.2) is 0 Å². The number of para-hydroxylation sites is 1. The monoisotopic (exact) mass is 513 g/mol. The number of ether oxygens (including phenoxy) is 2. The molecule has 0 radical (unpaired) electrons. The quantitative estimate of drug-likeness (QED) is 0.272. The van der Waals surface area contributed by atoms with Crippen molar-refractivity contribution in [2.24, 2.45) is 0 Å². The van der Waals surface area contributed by atoms with Crippen molar-refractivity contribution < 1.29 is 14.3 Å². The molecule has 1 amide bonds. The average molecular weight is 514 g/mol. The summed E-state index contributed by atoms with van der Waals surface area (Å²) in [6, 6.07) is 19.2. The van der Waals surface area contributed by atoms with Crippen LogP contribution in [0.2, 0.25) is 0 Å². The van der Waals surface area contributed by atoms with E-state index in [9.17, 15) is 4.79 Å². The normalized spacial score (nSPS) is 15.1. The number of amides is 1. The molecule has 3 heterocycles. The van der Waals surface area contributed by atoms with Crippen LogP contribution in [0.3, 0.4) is 0 Å². The van der Waals surface area contributed by atoms with Crippen LogP contribution in [0, 0.1) is 0 Å². The number of nitrogens with zero attached hydrogens (tertiary/aromatic N) is 5. The summed E-state index contributed by atoms with van der Waals surface area (Å²) in [7, 11) is 3.96. The standard InChI is InChI=1S/C28H29N5O3.C2H6/c1-31(2)16-6-9-26(34)32-17-14-21(19-32)33-18-15-25-27(33)28(30-20-29-25)36-24-12-10-23(11-13-24)35-22-7-4-3-5-8-22;1-2/h3-13,15,18,20-21H,14,16-17,19H2,1-2H3;1-2H3/b9-6+;/t21-;/m0./s1. The van der Waals surface area contributed by atoms with E-state index in [2.05, 4.69) is 14.5 Å². The molecule has 38 heavy (non-hydrogen) atoms. The molecule has 1 saturated heterocycles. The highest BCUT2D eigenvalue weighted by Crippen LogP contribution is 2.33. The van der Waals surface area contributed by atoms with Gasteiger partial charge in [0.05, 0.1) is 11.6 Å². The lowest BCUT2D eigenvalue weighted by molar-refractivity contribution is -0.125. The first kappa shape index (κ1) is 26.9. The van der Waals surface area contributed by atoms with E-state index in [1.807, 2.05) is 111 Å². The average Bonchev–Trinajstić information content (AvgIpc) is 3.59. The fraction of sp³-hybridized carbons (Fsp3) is 0.300. The Kier molecular flexibility index (Phi) is 9.11. The van der Waals surface area contributed by atoms with Crippen LogP contribution in [0.4, 0.5) is 0 Å². The van der Waals surface area contributed by atoms with E-state index in [4.69, 9.17) is 9.47 Å². The van der Waals surface area contributed by atoms with Crippen LogP contribution in [0.25, 0.3) is 11.0 Å². The van der Waals surface area contributed by atoms with E-state index in [0.29, 0.717) is 24.7 Å². The van der Waals surface area contributed by atoms with Crippen molar-refractivity contribution in [1.82, 2.24) is 24.3 Å². The molecule has 1 aliphatic heterocycles. The number of rotatable bonds is 8. The summed E-state index contributed by atoms with van der Waals surface area (Å²) in [6.07, 6.45) is 7.94. The van der Waals surface area contributed by atoms with Crippen LogP contribution in [0.1, 0.15) is 26.3 Å². The highest BCUT2D eigenvalue weighted by atomic mass is 16.5. The molecular weight excluding hydrogens is 478 g/mol. The van der Waals surface area contributed by atoms with Crippen molar-refractivity contribution in [2.75, 3.05) is 33.7 Å². The van der Waals surface area contributed by atoms with Gasteiger partial charge in [-0.05, 0) is 63.0 Å². The van der Waals surface area contributed by atoms with Crippen LogP contribution in [0.15, 0.2) is 85.3 Å². The number of aromatic nitrogens is 3. The third-order valence-electron chi connectivity index (χ3n) is 6.08. The van der Waals surface area contributed by atoms with Crippen LogP contribution in [-0.4, -0.2) is 64.0 Å². The Morgan fingerprint density at radius 2 is 1.66 bits per heavy atom. The molecule has 2 aromatic carbocycles. The van der Waals surface area contributed by atoms with Crippen LogP contribution >= 0.6 is 0 Å². The summed E-state index contributed by atoms with van der Waals surface area (Å²) in [5.41, 5.74) is 1.63. The van der Waals surface area contributed by atoms with E-state index in [0.717, 1.165) is 35.5 Å². The molecule has 0 bridgehead atoms. The molecule has 0 spiro atoms. The van der Waals surface area contributed by atoms with Gasteiger partial charge < -0.3 is 23.8 Å². The van der Waals surface area contributed by atoms with Gasteiger partial charge >= 0.3 is 0 Å². The lowest BCUT2D eigenvalue weighted by Crippen LogP contribution is -2.27. The van der Waals surface area contributed by atoms with E-state index in [1.54, 1.807) is 6.08 Å². The number of benzene rings is 2. The Morgan fingerprint density at radius 3 is 2.37 bits per heavy atom. The summed E-state index contributed by atoms with van der Waals surface area (Å²) in [4.78, 5) is 25.4. The zero-order chi connectivity index (χ0) is 26.9. The topological polar surface area (TPSA) is 72.7 Å². The second kappa shape index (κ2) is 12.9. The number of carbonyl (C=O) groups is 1. The number of carbonyl (C=O) groups excluding carboxylic acids is 1. The molecule has 8 nitrogen and oxygen atoms in total. The third-order valence-corrected chi connectivity index (χ3v) is 6.08. The molecule has 198 valence electrons. The number of likely N-dealkylation sites (N-methyl/N-ethyl adjacent to an activating group) is 1. The van der Waals surface area contributed by atoms with Crippen LogP contribution in [0.5, 0.6) is 23.1 Å². The molecule has 4 aromatic rings. The van der Waals surface area contributed by atoms with Crippen molar-refractivity contribution in [3.63, 3.8) is 0 Å². The number of likely N-dealkylation sites (tertiary alicyclic amines) is 1. The maximum absolute atomic E-state index is 12.6. The molecule has 5 rings (SSSR count). The predicted octanol–water partition coefficient (Wildman–Crippen LogP) is 5.93. The first-order chi connectivity index (χ1) is 18.6. The smallest absolute Gasteiger partial charge is 0.247 e. The lowest BCUT2D eigenvalue weighted by atomic mass is 10.2. The predicted molar refractivity (Wildman–Crippen MR) is 150 cm³/mol. The summed E-state index contributed by atoms with van der Waals surface area (Å²) in [6.45, 7) is 6.08. The Balaban J connectivity index is 0.00000164. The summed E-state index contributed by atoms with van der Waals surface area (Å²) in [5.74, 6) is 2.68.